The number of hydrogen-bond donors (Lipinski definition) is 1. The molecule has 0 aromatic carbocycles. The third-order valence-corrected chi connectivity index (χ3v) is 3.23. The first-order chi connectivity index (χ1) is 7.15. The molecule has 15 heavy (non-hydrogen) atoms. The van der Waals surface area contributed by atoms with Gasteiger partial charge in [0.25, 0.3) is 0 Å². The molecule has 0 bridgehead atoms. The second-order valence-corrected chi connectivity index (χ2v) is 4.38. The highest BCUT2D eigenvalue weighted by Crippen LogP contribution is 2.37. The van der Waals surface area contributed by atoms with E-state index in [9.17, 15) is 9.90 Å². The molecule has 2 atom stereocenters. The van der Waals surface area contributed by atoms with Crippen LogP contribution in [0.15, 0.2) is 12.7 Å². The molecule has 1 N–H and O–H groups in total. The number of aromatic nitrogens is 3. The van der Waals surface area contributed by atoms with E-state index in [1.54, 1.807) is 0 Å². The number of rotatable bonds is 2. The van der Waals surface area contributed by atoms with Crippen LogP contribution in [-0.4, -0.2) is 25.8 Å². The van der Waals surface area contributed by atoms with Gasteiger partial charge in [-0.1, -0.05) is 19.8 Å². The standard InChI is InChI=1S/C10H15N3O2/c1-8-3-2-4-10(5-8,9(14)15)13-7-11-6-12-13/h6-8H,2-5H2,1H3,(H,14,15). The second kappa shape index (κ2) is 3.64. The Bertz CT molecular complexity index is 350. The number of nitrogens with zero attached hydrogens (tertiary/aromatic N) is 3. The highest BCUT2D eigenvalue weighted by atomic mass is 16.4. The number of carbonyl (C=O) groups is 1. The third-order valence-electron chi connectivity index (χ3n) is 3.23. The van der Waals surface area contributed by atoms with Gasteiger partial charge in [-0.2, -0.15) is 5.10 Å². The molecular formula is C10H15N3O2. The average Bonchev–Trinajstić information content (AvgIpc) is 2.70. The van der Waals surface area contributed by atoms with Crippen molar-refractivity contribution < 1.29 is 9.90 Å². The van der Waals surface area contributed by atoms with Crippen molar-refractivity contribution in [3.05, 3.63) is 12.7 Å². The average molecular weight is 209 g/mol. The van der Waals surface area contributed by atoms with Crippen molar-refractivity contribution in [2.45, 2.75) is 38.1 Å². The molecule has 2 rings (SSSR count). The minimum Gasteiger partial charge on any atom is -0.479 e. The van der Waals surface area contributed by atoms with Gasteiger partial charge >= 0.3 is 5.97 Å². The van der Waals surface area contributed by atoms with Gasteiger partial charge in [0.15, 0.2) is 5.54 Å². The molecule has 1 saturated carbocycles. The molecule has 1 fully saturated rings. The van der Waals surface area contributed by atoms with Crippen LogP contribution in [0.25, 0.3) is 0 Å². The Hall–Kier alpha value is -1.39. The van der Waals surface area contributed by atoms with Crippen LogP contribution in [0.3, 0.4) is 0 Å². The highest BCUT2D eigenvalue weighted by molar-refractivity contribution is 5.76. The van der Waals surface area contributed by atoms with Crippen LogP contribution in [0.2, 0.25) is 0 Å². The molecule has 82 valence electrons. The van der Waals surface area contributed by atoms with Crippen molar-refractivity contribution in [1.82, 2.24) is 14.8 Å². The summed E-state index contributed by atoms with van der Waals surface area (Å²) in [7, 11) is 0. The molecule has 1 aromatic rings. The fraction of sp³-hybridized carbons (Fsp3) is 0.700. The molecule has 2 unspecified atom stereocenters. The van der Waals surface area contributed by atoms with Crippen molar-refractivity contribution in [2.75, 3.05) is 0 Å². The third kappa shape index (κ3) is 1.62. The Balaban J connectivity index is 2.36. The summed E-state index contributed by atoms with van der Waals surface area (Å²) in [6.45, 7) is 2.09. The highest BCUT2D eigenvalue weighted by Gasteiger charge is 2.44. The lowest BCUT2D eigenvalue weighted by atomic mass is 9.76. The van der Waals surface area contributed by atoms with Gasteiger partial charge < -0.3 is 5.11 Å². The summed E-state index contributed by atoms with van der Waals surface area (Å²) in [5.74, 6) is -0.362. The molecule has 5 nitrogen and oxygen atoms in total. The Kier molecular flexibility index (Phi) is 2.46. The van der Waals surface area contributed by atoms with Crippen molar-refractivity contribution in [3.8, 4) is 0 Å². The lowest BCUT2D eigenvalue weighted by Crippen LogP contribution is -2.45. The van der Waals surface area contributed by atoms with E-state index < -0.39 is 11.5 Å². The Morgan fingerprint density at radius 2 is 2.47 bits per heavy atom. The van der Waals surface area contributed by atoms with Gasteiger partial charge in [0.2, 0.25) is 0 Å². The lowest BCUT2D eigenvalue weighted by molar-refractivity contribution is -0.151. The molecule has 5 heteroatoms. The first-order valence-corrected chi connectivity index (χ1v) is 5.24. The molecule has 1 aliphatic rings. The van der Waals surface area contributed by atoms with Crippen molar-refractivity contribution in [2.24, 2.45) is 5.92 Å². The van der Waals surface area contributed by atoms with Crippen LogP contribution in [0.4, 0.5) is 0 Å². The summed E-state index contributed by atoms with van der Waals surface area (Å²) in [6, 6.07) is 0. The van der Waals surface area contributed by atoms with Gasteiger partial charge in [-0.15, -0.1) is 0 Å². The molecule has 0 aliphatic heterocycles. The summed E-state index contributed by atoms with van der Waals surface area (Å²) in [6.07, 6.45) is 6.23. The maximum Gasteiger partial charge on any atom is 0.331 e. The predicted molar refractivity (Wildman–Crippen MR) is 53.3 cm³/mol. The van der Waals surface area contributed by atoms with Crippen LogP contribution < -0.4 is 0 Å². The van der Waals surface area contributed by atoms with Gasteiger partial charge in [0.1, 0.15) is 12.7 Å². The molecule has 0 radical (unpaired) electrons. The van der Waals surface area contributed by atoms with Crippen molar-refractivity contribution in [1.29, 1.82) is 0 Å². The lowest BCUT2D eigenvalue weighted by Gasteiger charge is -2.36. The van der Waals surface area contributed by atoms with E-state index in [4.69, 9.17) is 0 Å². The molecule has 1 aromatic heterocycles. The van der Waals surface area contributed by atoms with Gasteiger partial charge in [-0.3, -0.25) is 0 Å². The summed E-state index contributed by atoms with van der Waals surface area (Å²) < 4.78 is 1.50. The minimum absolute atomic E-state index is 0.430. The van der Waals surface area contributed by atoms with Crippen molar-refractivity contribution in [3.63, 3.8) is 0 Å². The summed E-state index contributed by atoms with van der Waals surface area (Å²) in [5.41, 5.74) is -0.867. The largest absolute Gasteiger partial charge is 0.479 e. The van der Waals surface area contributed by atoms with Gasteiger partial charge in [-0.25, -0.2) is 14.5 Å². The number of carboxylic acid groups (broad SMARTS) is 1. The number of aliphatic carboxylic acids is 1. The fourth-order valence-electron chi connectivity index (χ4n) is 2.45. The quantitative estimate of drug-likeness (QED) is 0.796. The maximum absolute atomic E-state index is 11.4. The van der Waals surface area contributed by atoms with Gasteiger partial charge in [0.05, 0.1) is 0 Å². The summed E-state index contributed by atoms with van der Waals surface area (Å²) in [5, 5.41) is 13.4. The Labute approximate surface area is 88.1 Å². The fourth-order valence-corrected chi connectivity index (χ4v) is 2.45. The zero-order chi connectivity index (χ0) is 10.9. The first kappa shape index (κ1) is 10.1. The molecule has 0 amide bonds. The van der Waals surface area contributed by atoms with Crippen LogP contribution in [-0.2, 0) is 10.3 Å². The molecular weight excluding hydrogens is 194 g/mol. The van der Waals surface area contributed by atoms with E-state index in [-0.39, 0.29) is 0 Å². The van der Waals surface area contributed by atoms with Crippen LogP contribution in [0, 0.1) is 5.92 Å². The normalized spacial score (nSPS) is 31.4. The van der Waals surface area contributed by atoms with E-state index in [0.29, 0.717) is 18.8 Å². The topological polar surface area (TPSA) is 68.0 Å². The number of hydrogen-bond acceptors (Lipinski definition) is 3. The first-order valence-electron chi connectivity index (χ1n) is 5.24. The zero-order valence-corrected chi connectivity index (χ0v) is 8.76. The van der Waals surface area contributed by atoms with E-state index in [2.05, 4.69) is 17.0 Å². The second-order valence-electron chi connectivity index (χ2n) is 4.38. The van der Waals surface area contributed by atoms with Crippen molar-refractivity contribution >= 4 is 5.97 Å². The van der Waals surface area contributed by atoms with E-state index >= 15 is 0 Å². The Morgan fingerprint density at radius 1 is 1.67 bits per heavy atom. The van der Waals surface area contributed by atoms with Gasteiger partial charge in [0, 0.05) is 0 Å². The Morgan fingerprint density at radius 3 is 3.00 bits per heavy atom. The van der Waals surface area contributed by atoms with Crippen LogP contribution >= 0.6 is 0 Å². The SMILES string of the molecule is CC1CCCC(C(=O)O)(n2cncn2)C1. The maximum atomic E-state index is 11.4. The molecule has 0 spiro atoms. The van der Waals surface area contributed by atoms with E-state index in [1.807, 2.05) is 0 Å². The van der Waals surface area contributed by atoms with Crippen LogP contribution in [0.1, 0.15) is 32.6 Å². The smallest absolute Gasteiger partial charge is 0.331 e. The zero-order valence-electron chi connectivity index (χ0n) is 8.76. The predicted octanol–water partition coefficient (Wildman–Crippen LogP) is 1.27. The van der Waals surface area contributed by atoms with Gasteiger partial charge in [-0.05, 0) is 18.8 Å². The molecule has 1 heterocycles. The van der Waals surface area contributed by atoms with E-state index in [0.717, 1.165) is 12.8 Å². The summed E-state index contributed by atoms with van der Waals surface area (Å²) in [4.78, 5) is 15.3. The molecule has 1 aliphatic carbocycles. The monoisotopic (exact) mass is 209 g/mol. The summed E-state index contributed by atoms with van der Waals surface area (Å²) >= 11 is 0. The minimum atomic E-state index is -0.867. The van der Waals surface area contributed by atoms with Crippen LogP contribution in [0.5, 0.6) is 0 Å². The van der Waals surface area contributed by atoms with E-state index in [1.165, 1.54) is 17.3 Å². The number of carboxylic acids is 1. The molecule has 0 saturated heterocycles.